The van der Waals surface area contributed by atoms with E-state index in [1.54, 1.807) is 17.4 Å². The third-order valence-electron chi connectivity index (χ3n) is 5.26. The van der Waals surface area contributed by atoms with Crippen LogP contribution in [0.1, 0.15) is 5.56 Å². The Bertz CT molecular complexity index is 1350. The van der Waals surface area contributed by atoms with Gasteiger partial charge in [0.05, 0.1) is 23.4 Å². The third-order valence-corrected chi connectivity index (χ3v) is 7.56. The smallest absolute Gasteiger partial charge is 0.420 e. The van der Waals surface area contributed by atoms with E-state index in [-0.39, 0.29) is 5.75 Å². The normalized spacial score (nSPS) is 14.8. The van der Waals surface area contributed by atoms with E-state index < -0.39 is 12.1 Å². The summed E-state index contributed by atoms with van der Waals surface area (Å²) < 4.78 is 48.2. The molecule has 182 valence electrons. The molecule has 0 spiro atoms. The molecule has 3 aromatic heterocycles. The van der Waals surface area contributed by atoms with Crippen molar-refractivity contribution in [1.29, 1.82) is 0 Å². The fourth-order valence-electron chi connectivity index (χ4n) is 3.61. The van der Waals surface area contributed by atoms with Crippen LogP contribution < -0.4 is 10.1 Å². The molecule has 4 aromatic rings. The number of anilines is 2. The molecular formula is C23H19F3N4O3S2. The van der Waals surface area contributed by atoms with Gasteiger partial charge in [-0.15, -0.1) is 22.7 Å². The predicted molar refractivity (Wildman–Crippen MR) is 128 cm³/mol. The van der Waals surface area contributed by atoms with Crippen LogP contribution in [-0.4, -0.2) is 53.3 Å². The van der Waals surface area contributed by atoms with Gasteiger partial charge in [-0.2, -0.15) is 13.2 Å². The molecule has 5 rings (SSSR count). The number of alkyl halides is 3. The zero-order valence-electron chi connectivity index (χ0n) is 18.2. The first-order valence-corrected chi connectivity index (χ1v) is 12.3. The molecule has 12 heteroatoms. The first-order valence-electron chi connectivity index (χ1n) is 10.6. The van der Waals surface area contributed by atoms with E-state index in [0.717, 1.165) is 52.8 Å². The van der Waals surface area contributed by atoms with Crippen LogP contribution in [0.15, 0.2) is 48.1 Å². The molecule has 1 saturated heterocycles. The number of hydrogen-bond donors (Lipinski definition) is 1. The van der Waals surface area contributed by atoms with E-state index in [2.05, 4.69) is 36.4 Å². The van der Waals surface area contributed by atoms with Crippen molar-refractivity contribution >= 4 is 50.4 Å². The Kier molecular flexibility index (Phi) is 6.69. The summed E-state index contributed by atoms with van der Waals surface area (Å²) in [6.45, 7) is 4.25. The number of morpholine rings is 1. The van der Waals surface area contributed by atoms with Crippen molar-refractivity contribution in [2.24, 2.45) is 0 Å². The van der Waals surface area contributed by atoms with Gasteiger partial charge in [0.25, 0.3) is 0 Å². The fourth-order valence-corrected chi connectivity index (χ4v) is 5.66. The number of nitrogens with one attached hydrogen (secondary N) is 1. The van der Waals surface area contributed by atoms with E-state index in [1.165, 1.54) is 41.4 Å². The second-order valence-electron chi connectivity index (χ2n) is 7.80. The molecule has 0 aliphatic carbocycles. The Labute approximate surface area is 206 Å². The van der Waals surface area contributed by atoms with Crippen LogP contribution in [0.2, 0.25) is 0 Å². The number of nitrogens with zero attached hydrogens (tertiary/aromatic N) is 3. The van der Waals surface area contributed by atoms with E-state index in [4.69, 9.17) is 4.74 Å². The number of aromatic nitrogens is 2. The maximum absolute atomic E-state index is 12.5. The van der Waals surface area contributed by atoms with Crippen molar-refractivity contribution in [3.05, 3.63) is 53.7 Å². The second-order valence-corrected chi connectivity index (χ2v) is 9.76. The monoisotopic (exact) mass is 520 g/mol. The van der Waals surface area contributed by atoms with Crippen molar-refractivity contribution in [3.63, 3.8) is 0 Å². The van der Waals surface area contributed by atoms with Gasteiger partial charge < -0.3 is 14.8 Å². The summed E-state index contributed by atoms with van der Waals surface area (Å²) in [7, 11) is 0. The van der Waals surface area contributed by atoms with Gasteiger partial charge in [0.1, 0.15) is 12.1 Å². The molecule has 0 atom stereocenters. The maximum Gasteiger partial charge on any atom is 0.491 e. The number of fused-ring (bicyclic) bond motifs is 1. The quantitative estimate of drug-likeness (QED) is 0.267. The van der Waals surface area contributed by atoms with Gasteiger partial charge in [0.2, 0.25) is 0 Å². The van der Waals surface area contributed by atoms with Crippen LogP contribution in [0.3, 0.4) is 0 Å². The molecule has 1 aliphatic rings. The van der Waals surface area contributed by atoms with Gasteiger partial charge in [-0.05, 0) is 35.2 Å². The first kappa shape index (κ1) is 23.7. The number of carbonyl (C=O) groups is 1. The Morgan fingerprint density at radius 2 is 1.97 bits per heavy atom. The van der Waals surface area contributed by atoms with Gasteiger partial charge >= 0.3 is 12.1 Å². The van der Waals surface area contributed by atoms with Gasteiger partial charge in [-0.3, -0.25) is 4.90 Å². The van der Waals surface area contributed by atoms with Crippen LogP contribution in [0.5, 0.6) is 5.75 Å². The molecule has 0 amide bonds. The molecule has 0 saturated carbocycles. The Balaban J connectivity index is 1.34. The highest BCUT2D eigenvalue weighted by molar-refractivity contribution is 7.26. The lowest BCUT2D eigenvalue weighted by molar-refractivity contribution is -0.189. The summed E-state index contributed by atoms with van der Waals surface area (Å²) >= 11 is 3.20. The topological polar surface area (TPSA) is 76.6 Å². The Morgan fingerprint density at radius 1 is 1.14 bits per heavy atom. The Morgan fingerprint density at radius 3 is 2.77 bits per heavy atom. The van der Waals surface area contributed by atoms with Gasteiger partial charge in [0, 0.05) is 41.1 Å². The minimum Gasteiger partial charge on any atom is -0.420 e. The number of thiophene rings is 2. The number of rotatable bonds is 6. The average Bonchev–Trinajstić information content (AvgIpc) is 3.47. The molecule has 1 aromatic carbocycles. The van der Waals surface area contributed by atoms with E-state index in [0.29, 0.717) is 11.5 Å². The fraction of sp³-hybridized carbons (Fsp3) is 0.261. The van der Waals surface area contributed by atoms with Gasteiger partial charge in [0.15, 0.2) is 5.82 Å². The van der Waals surface area contributed by atoms with Crippen LogP contribution in [0, 0.1) is 0 Å². The number of halogens is 3. The number of benzene rings is 1. The van der Waals surface area contributed by atoms with Crippen LogP contribution >= 0.6 is 22.7 Å². The standard InChI is InChI=1S/C23H19F3N4O3S2/c24-23(25,26)22(31)33-16-3-1-2-15(9-16)29-21-20-17(27-13-28-21)10-19(35-20)18-8-14(12-34-18)11-30-4-6-32-7-5-30/h1-3,8-10,12-13H,4-7,11H2,(H,27,28,29). The SMILES string of the molecule is O=C(Oc1cccc(Nc2ncnc3cc(-c4cc(CN5CCOCC5)cs4)sc23)c1)C(F)(F)F. The minimum absolute atomic E-state index is 0.221. The second kappa shape index (κ2) is 9.90. The van der Waals surface area contributed by atoms with Crippen LogP contribution in [0.25, 0.3) is 20.0 Å². The molecule has 1 fully saturated rings. The molecule has 35 heavy (non-hydrogen) atoms. The van der Waals surface area contributed by atoms with Gasteiger partial charge in [-0.1, -0.05) is 6.07 Å². The molecule has 0 bridgehead atoms. The molecular weight excluding hydrogens is 501 g/mol. The maximum atomic E-state index is 12.5. The highest BCUT2D eigenvalue weighted by atomic mass is 32.1. The lowest BCUT2D eigenvalue weighted by atomic mass is 10.2. The molecule has 4 heterocycles. The van der Waals surface area contributed by atoms with Crippen molar-refractivity contribution in [2.45, 2.75) is 12.7 Å². The summed E-state index contributed by atoms with van der Waals surface area (Å²) in [6, 6.07) is 9.90. The Hall–Kier alpha value is -3.06. The van der Waals surface area contributed by atoms with E-state index in [9.17, 15) is 18.0 Å². The number of hydrogen-bond acceptors (Lipinski definition) is 9. The number of esters is 1. The lowest BCUT2D eigenvalue weighted by Gasteiger charge is -2.26. The molecule has 0 unspecified atom stereocenters. The summed E-state index contributed by atoms with van der Waals surface area (Å²) in [4.78, 5) is 24.4. The summed E-state index contributed by atoms with van der Waals surface area (Å²) in [5.41, 5.74) is 2.43. The lowest BCUT2D eigenvalue weighted by Crippen LogP contribution is -2.35. The van der Waals surface area contributed by atoms with E-state index in [1.807, 2.05) is 6.07 Å². The zero-order valence-corrected chi connectivity index (χ0v) is 19.8. The van der Waals surface area contributed by atoms with Crippen molar-refractivity contribution in [2.75, 3.05) is 31.6 Å². The van der Waals surface area contributed by atoms with Crippen LogP contribution in [0.4, 0.5) is 24.7 Å². The molecule has 1 aliphatic heterocycles. The molecule has 1 N–H and O–H groups in total. The first-order chi connectivity index (χ1) is 16.8. The van der Waals surface area contributed by atoms with Gasteiger partial charge in [-0.25, -0.2) is 14.8 Å². The van der Waals surface area contributed by atoms with Crippen molar-refractivity contribution in [1.82, 2.24) is 14.9 Å². The van der Waals surface area contributed by atoms with Crippen LogP contribution in [-0.2, 0) is 16.1 Å². The minimum atomic E-state index is -5.07. The van der Waals surface area contributed by atoms with Crippen molar-refractivity contribution < 1.29 is 27.4 Å². The summed E-state index contributed by atoms with van der Waals surface area (Å²) in [5, 5.41) is 5.26. The highest BCUT2D eigenvalue weighted by Crippen LogP contribution is 2.39. The van der Waals surface area contributed by atoms with E-state index >= 15 is 0 Å². The predicted octanol–water partition coefficient (Wildman–Crippen LogP) is 5.46. The summed E-state index contributed by atoms with van der Waals surface area (Å²) in [5.74, 6) is -1.98. The zero-order chi connectivity index (χ0) is 24.4. The summed E-state index contributed by atoms with van der Waals surface area (Å²) in [6.07, 6.45) is -3.65. The largest absolute Gasteiger partial charge is 0.491 e. The molecule has 0 radical (unpaired) electrons. The number of ether oxygens (including phenoxy) is 2. The highest BCUT2D eigenvalue weighted by Gasteiger charge is 2.41. The third kappa shape index (κ3) is 5.61. The molecule has 7 nitrogen and oxygen atoms in total. The number of carbonyl (C=O) groups excluding carboxylic acids is 1. The van der Waals surface area contributed by atoms with Crippen molar-refractivity contribution in [3.8, 4) is 15.5 Å². The average molecular weight is 521 g/mol.